The number of benzene rings is 1. The van der Waals surface area contributed by atoms with E-state index in [2.05, 4.69) is 5.32 Å². The van der Waals surface area contributed by atoms with Crippen molar-refractivity contribution in [3.63, 3.8) is 0 Å². The first-order valence-corrected chi connectivity index (χ1v) is 8.99. The highest BCUT2D eigenvalue weighted by molar-refractivity contribution is 5.68. The number of carbonyl (C=O) groups excluding carboxylic acids is 1. The maximum Gasteiger partial charge on any atom is 0.407 e. The SMILES string of the molecule is CCOC(=O)N[C@@H]1[C@H]2OC(C)(C)O[C@H]2C=C[C@@H]1Oc1ccc2c(c1)OCO2. The standard InChI is InChI=1S/C19H23NO7/c1-4-22-18(21)20-16-13(7-8-14-17(16)27-19(2,3)26-14)25-11-5-6-12-15(9-11)24-10-23-12/h5-9,13-14,16-17H,4,10H2,1-3H3,(H,20,21)/t13-,14-,16-,17-/m0/s1. The van der Waals surface area contributed by atoms with Gasteiger partial charge in [-0.15, -0.1) is 0 Å². The normalized spacial score (nSPS) is 29.9. The maximum absolute atomic E-state index is 12.1. The summed E-state index contributed by atoms with van der Waals surface area (Å²) in [4.78, 5) is 12.1. The minimum Gasteiger partial charge on any atom is -0.484 e. The van der Waals surface area contributed by atoms with Crippen LogP contribution in [0.15, 0.2) is 30.4 Å². The molecule has 3 aliphatic rings. The predicted octanol–water partition coefficient (Wildman–Crippen LogP) is 2.37. The van der Waals surface area contributed by atoms with Crippen LogP contribution in [0.5, 0.6) is 17.2 Å². The Kier molecular flexibility index (Phi) is 4.61. The van der Waals surface area contributed by atoms with E-state index in [4.69, 9.17) is 28.4 Å². The Morgan fingerprint density at radius 1 is 1.22 bits per heavy atom. The van der Waals surface area contributed by atoms with Gasteiger partial charge in [0.25, 0.3) is 0 Å². The average Bonchev–Trinajstić information content (AvgIpc) is 3.19. The Bertz CT molecular complexity index is 748. The van der Waals surface area contributed by atoms with E-state index < -0.39 is 30.1 Å². The van der Waals surface area contributed by atoms with Gasteiger partial charge >= 0.3 is 6.09 Å². The molecular formula is C19H23NO7. The summed E-state index contributed by atoms with van der Waals surface area (Å²) in [5.41, 5.74) is 0. The van der Waals surface area contributed by atoms with Crippen molar-refractivity contribution in [2.24, 2.45) is 0 Å². The minimum atomic E-state index is -0.748. The lowest BCUT2D eigenvalue weighted by Crippen LogP contribution is -2.57. The monoisotopic (exact) mass is 377 g/mol. The highest BCUT2D eigenvalue weighted by Crippen LogP contribution is 2.38. The molecule has 0 unspecified atom stereocenters. The van der Waals surface area contributed by atoms with E-state index >= 15 is 0 Å². The smallest absolute Gasteiger partial charge is 0.407 e. The van der Waals surface area contributed by atoms with Crippen LogP contribution in [-0.2, 0) is 14.2 Å². The molecule has 0 bridgehead atoms. The molecule has 1 saturated heterocycles. The molecule has 27 heavy (non-hydrogen) atoms. The van der Waals surface area contributed by atoms with Gasteiger partial charge in [0, 0.05) is 6.07 Å². The molecule has 1 aliphatic carbocycles. The van der Waals surface area contributed by atoms with E-state index in [0.29, 0.717) is 17.2 Å². The molecule has 1 fully saturated rings. The molecule has 1 N–H and O–H groups in total. The van der Waals surface area contributed by atoms with Gasteiger partial charge in [0.2, 0.25) is 6.79 Å². The second kappa shape index (κ2) is 6.94. The van der Waals surface area contributed by atoms with Crippen LogP contribution >= 0.6 is 0 Å². The first-order chi connectivity index (χ1) is 12.9. The van der Waals surface area contributed by atoms with Crippen LogP contribution in [0.25, 0.3) is 0 Å². The van der Waals surface area contributed by atoms with Crippen molar-refractivity contribution in [1.82, 2.24) is 5.32 Å². The van der Waals surface area contributed by atoms with E-state index in [1.54, 1.807) is 25.1 Å². The van der Waals surface area contributed by atoms with Gasteiger partial charge in [0.1, 0.15) is 30.1 Å². The van der Waals surface area contributed by atoms with Gasteiger partial charge in [-0.05, 0) is 39.0 Å². The number of carbonyl (C=O) groups is 1. The molecule has 1 amide bonds. The predicted molar refractivity (Wildman–Crippen MR) is 93.9 cm³/mol. The Balaban J connectivity index is 1.55. The molecule has 0 aromatic heterocycles. The number of fused-ring (bicyclic) bond motifs is 2. The molecule has 8 heteroatoms. The second-order valence-corrected chi connectivity index (χ2v) is 6.94. The summed E-state index contributed by atoms with van der Waals surface area (Å²) in [6, 6.07) is 4.87. The molecule has 0 saturated carbocycles. The van der Waals surface area contributed by atoms with Crippen LogP contribution in [-0.4, -0.2) is 49.6 Å². The van der Waals surface area contributed by atoms with Gasteiger partial charge < -0.3 is 33.7 Å². The molecule has 2 heterocycles. The van der Waals surface area contributed by atoms with Crippen molar-refractivity contribution in [3.05, 3.63) is 30.4 Å². The summed E-state index contributed by atoms with van der Waals surface area (Å²) >= 11 is 0. The van der Waals surface area contributed by atoms with Crippen LogP contribution in [0.4, 0.5) is 4.79 Å². The summed E-state index contributed by atoms with van der Waals surface area (Å²) in [6.07, 6.45) is 2.11. The summed E-state index contributed by atoms with van der Waals surface area (Å²) < 4.78 is 33.8. The van der Waals surface area contributed by atoms with Gasteiger partial charge in [-0.1, -0.05) is 6.08 Å². The molecule has 4 rings (SSSR count). The number of ether oxygens (including phenoxy) is 6. The number of alkyl carbamates (subject to hydrolysis) is 1. The average molecular weight is 377 g/mol. The Hall–Kier alpha value is -2.45. The van der Waals surface area contributed by atoms with Gasteiger partial charge in [-0.3, -0.25) is 0 Å². The topological polar surface area (TPSA) is 84.5 Å². The van der Waals surface area contributed by atoms with Crippen molar-refractivity contribution in [1.29, 1.82) is 0 Å². The lowest BCUT2D eigenvalue weighted by atomic mass is 9.93. The van der Waals surface area contributed by atoms with Gasteiger partial charge in [-0.25, -0.2) is 4.79 Å². The van der Waals surface area contributed by atoms with Crippen LogP contribution in [0.2, 0.25) is 0 Å². The zero-order chi connectivity index (χ0) is 19.0. The highest BCUT2D eigenvalue weighted by atomic mass is 16.8. The number of hydrogen-bond acceptors (Lipinski definition) is 7. The molecule has 4 atom stereocenters. The minimum absolute atomic E-state index is 0.194. The largest absolute Gasteiger partial charge is 0.484 e. The van der Waals surface area contributed by atoms with E-state index in [0.717, 1.165) is 0 Å². The molecule has 146 valence electrons. The van der Waals surface area contributed by atoms with E-state index in [1.165, 1.54) is 0 Å². The molecule has 1 aromatic rings. The summed E-state index contributed by atoms with van der Waals surface area (Å²) in [5, 5.41) is 2.85. The fourth-order valence-electron chi connectivity index (χ4n) is 3.46. The zero-order valence-electron chi connectivity index (χ0n) is 15.5. The summed E-state index contributed by atoms with van der Waals surface area (Å²) in [7, 11) is 0. The molecule has 8 nitrogen and oxygen atoms in total. The molecule has 0 spiro atoms. The molecular weight excluding hydrogens is 354 g/mol. The van der Waals surface area contributed by atoms with Crippen molar-refractivity contribution >= 4 is 6.09 Å². The van der Waals surface area contributed by atoms with Crippen LogP contribution in [0, 0.1) is 0 Å². The van der Waals surface area contributed by atoms with Crippen molar-refractivity contribution in [3.8, 4) is 17.2 Å². The van der Waals surface area contributed by atoms with Gasteiger partial charge in [0.05, 0.1) is 6.61 Å². The Labute approximate surface area is 157 Å². The fraction of sp³-hybridized carbons (Fsp3) is 0.526. The van der Waals surface area contributed by atoms with Gasteiger partial charge in [0.15, 0.2) is 17.3 Å². The summed E-state index contributed by atoms with van der Waals surface area (Å²) in [5.74, 6) is 1.15. The van der Waals surface area contributed by atoms with Crippen LogP contribution in [0.3, 0.4) is 0 Å². The van der Waals surface area contributed by atoms with E-state index in [1.807, 2.05) is 26.0 Å². The molecule has 0 radical (unpaired) electrons. The van der Waals surface area contributed by atoms with Crippen LogP contribution in [0.1, 0.15) is 20.8 Å². The first kappa shape index (κ1) is 17.9. The van der Waals surface area contributed by atoms with E-state index in [-0.39, 0.29) is 19.5 Å². The third kappa shape index (κ3) is 3.68. The van der Waals surface area contributed by atoms with E-state index in [9.17, 15) is 4.79 Å². The number of amides is 1. The maximum atomic E-state index is 12.1. The van der Waals surface area contributed by atoms with Crippen molar-refractivity contribution < 1.29 is 33.2 Å². The Morgan fingerprint density at radius 2 is 2.04 bits per heavy atom. The molecule has 2 aliphatic heterocycles. The lowest BCUT2D eigenvalue weighted by molar-refractivity contribution is -0.146. The highest BCUT2D eigenvalue weighted by Gasteiger charge is 2.49. The number of hydrogen-bond donors (Lipinski definition) is 1. The van der Waals surface area contributed by atoms with Crippen LogP contribution < -0.4 is 19.5 Å². The first-order valence-electron chi connectivity index (χ1n) is 8.99. The Morgan fingerprint density at radius 3 is 2.85 bits per heavy atom. The second-order valence-electron chi connectivity index (χ2n) is 6.94. The number of nitrogens with one attached hydrogen (secondary N) is 1. The quantitative estimate of drug-likeness (QED) is 0.807. The number of rotatable bonds is 4. The van der Waals surface area contributed by atoms with Crippen molar-refractivity contribution in [2.75, 3.05) is 13.4 Å². The lowest BCUT2D eigenvalue weighted by Gasteiger charge is -2.34. The molecule has 1 aromatic carbocycles. The zero-order valence-corrected chi connectivity index (χ0v) is 15.5. The van der Waals surface area contributed by atoms with Crippen molar-refractivity contribution in [2.45, 2.75) is 50.9 Å². The van der Waals surface area contributed by atoms with Gasteiger partial charge in [-0.2, -0.15) is 0 Å². The third-order valence-corrected chi connectivity index (χ3v) is 4.54. The fourth-order valence-corrected chi connectivity index (χ4v) is 3.46. The third-order valence-electron chi connectivity index (χ3n) is 4.54. The summed E-state index contributed by atoms with van der Waals surface area (Å²) in [6.45, 7) is 5.91.